The van der Waals surface area contributed by atoms with E-state index in [1.54, 1.807) is 0 Å². The van der Waals surface area contributed by atoms with E-state index in [1.165, 1.54) is 10.6 Å². The highest BCUT2D eigenvalue weighted by Crippen LogP contribution is 2.61. The molecule has 0 aliphatic rings. The van der Waals surface area contributed by atoms with E-state index in [2.05, 4.69) is 30.8 Å². The Morgan fingerprint density at radius 2 is 1.28 bits per heavy atom. The lowest BCUT2D eigenvalue weighted by Gasteiger charge is -2.17. The number of allylic oxidation sites excluding steroid dienone is 1. The molecule has 2 aromatic rings. The largest absolute Gasteiger partial charge is 0.182 e. The molecule has 0 spiro atoms. The Bertz CT molecular complexity index is 443. The Labute approximate surface area is 120 Å². The summed E-state index contributed by atoms with van der Waals surface area (Å²) >= 11 is 6.93. The van der Waals surface area contributed by atoms with Crippen molar-refractivity contribution in [3.8, 4) is 0 Å². The zero-order valence-electron chi connectivity index (χ0n) is 10.00. The molecule has 94 valence electrons. The number of benzene rings is 2. The van der Waals surface area contributed by atoms with Crippen molar-refractivity contribution < 1.29 is 0 Å². The highest BCUT2D eigenvalue weighted by molar-refractivity contribution is 8.09. The van der Waals surface area contributed by atoms with Crippen molar-refractivity contribution in [3.05, 3.63) is 73.3 Å². The fraction of sp³-hybridized carbons (Fsp3) is 0.0667. The average Bonchev–Trinajstić information content (AvgIpc) is 2.41. The quantitative estimate of drug-likeness (QED) is 0.579. The van der Waals surface area contributed by atoms with Crippen molar-refractivity contribution in [2.24, 2.45) is 0 Å². The first-order valence-corrected chi connectivity index (χ1v) is 8.45. The number of hydrogen-bond donors (Lipinski definition) is 0. The van der Waals surface area contributed by atoms with Crippen LogP contribution in [0.3, 0.4) is 0 Å². The van der Waals surface area contributed by atoms with E-state index >= 15 is 0 Å². The van der Waals surface area contributed by atoms with Gasteiger partial charge in [-0.25, -0.2) is 0 Å². The van der Waals surface area contributed by atoms with Gasteiger partial charge in [0.2, 0.25) is 0 Å². The lowest BCUT2D eigenvalue weighted by molar-refractivity contribution is 1.70. The first-order chi connectivity index (χ1) is 8.27. The third-order valence-electron chi connectivity index (χ3n) is 2.71. The fourth-order valence-corrected chi connectivity index (χ4v) is 5.20. The van der Waals surface area contributed by atoms with Crippen LogP contribution >= 0.6 is 30.3 Å². The Morgan fingerprint density at radius 3 is 1.61 bits per heavy atom. The minimum atomic E-state index is -1.82. The average molecular weight is 298 g/mol. The molecule has 2 aromatic carbocycles. The fourth-order valence-electron chi connectivity index (χ4n) is 1.87. The monoisotopic (exact) mass is 297 g/mol. The van der Waals surface area contributed by atoms with Crippen LogP contribution < -0.4 is 10.6 Å². The first kappa shape index (κ1) is 15.2. The van der Waals surface area contributed by atoms with Gasteiger partial charge >= 0.3 is 0 Å². The van der Waals surface area contributed by atoms with Crippen LogP contribution in [-0.4, -0.2) is 6.16 Å². The number of rotatable bonds is 4. The van der Waals surface area contributed by atoms with Gasteiger partial charge in [-0.15, -0.1) is 12.4 Å². The predicted molar refractivity (Wildman–Crippen MR) is 87.2 cm³/mol. The van der Waals surface area contributed by atoms with Gasteiger partial charge in [0.25, 0.3) is 0 Å². The smallest absolute Gasteiger partial charge is 0.147 e. The van der Waals surface area contributed by atoms with E-state index in [0.717, 1.165) is 6.16 Å². The van der Waals surface area contributed by atoms with Crippen LogP contribution in [0.25, 0.3) is 0 Å². The topological polar surface area (TPSA) is 0 Å². The molecule has 0 fully saturated rings. The molecule has 0 unspecified atom stereocenters. The van der Waals surface area contributed by atoms with Crippen LogP contribution in [0.1, 0.15) is 0 Å². The van der Waals surface area contributed by atoms with Crippen molar-refractivity contribution in [3.63, 3.8) is 0 Å². The third-order valence-corrected chi connectivity index (χ3v) is 7.29. The molecule has 0 nitrogen and oxygen atoms in total. The SMILES string of the molecule is C=CC[P+](Cl)(c1ccccc1)c1ccccc1.Cl. The van der Waals surface area contributed by atoms with Crippen molar-refractivity contribution in [2.75, 3.05) is 6.16 Å². The second-order valence-corrected chi connectivity index (χ2v) is 8.42. The molecule has 18 heavy (non-hydrogen) atoms. The van der Waals surface area contributed by atoms with Crippen molar-refractivity contribution in [2.45, 2.75) is 0 Å². The zero-order chi connectivity index (χ0) is 12.1. The standard InChI is InChI=1S/C15H15ClP.ClH/c1-2-13-17(16,14-9-5-3-6-10-14)15-11-7-4-8-12-15;/h2-12H,1,13H2;1H/q+1;. The summed E-state index contributed by atoms with van der Waals surface area (Å²) in [5.41, 5.74) is 0. The molecule has 0 amide bonds. The maximum absolute atomic E-state index is 6.93. The van der Waals surface area contributed by atoms with Gasteiger partial charge in [-0.1, -0.05) is 49.1 Å². The van der Waals surface area contributed by atoms with E-state index in [0.29, 0.717) is 0 Å². The Hall–Kier alpha value is -0.810. The molecule has 0 heterocycles. The van der Waals surface area contributed by atoms with Gasteiger partial charge in [0.15, 0.2) is 6.62 Å². The van der Waals surface area contributed by atoms with Crippen molar-refractivity contribution in [1.29, 1.82) is 0 Å². The summed E-state index contributed by atoms with van der Waals surface area (Å²) in [6.45, 7) is 2.02. The second-order valence-electron chi connectivity index (χ2n) is 3.86. The molecule has 0 aromatic heterocycles. The molecular formula is C15H16Cl2P+. The molecular weight excluding hydrogens is 282 g/mol. The Morgan fingerprint density at radius 1 is 0.889 bits per heavy atom. The van der Waals surface area contributed by atoms with Gasteiger partial charge in [0, 0.05) is 0 Å². The molecule has 0 N–H and O–H groups in total. The second kappa shape index (κ2) is 6.95. The molecule has 2 rings (SSSR count). The summed E-state index contributed by atoms with van der Waals surface area (Å²) in [5, 5.41) is 2.43. The molecule has 0 saturated carbocycles. The van der Waals surface area contributed by atoms with Gasteiger partial charge in [0.05, 0.1) is 11.2 Å². The Balaban J connectivity index is 0.00000162. The summed E-state index contributed by atoms with van der Waals surface area (Å²) < 4.78 is 0. The number of halogens is 2. The van der Waals surface area contributed by atoms with E-state index < -0.39 is 6.62 Å². The number of hydrogen-bond acceptors (Lipinski definition) is 0. The molecule has 0 saturated heterocycles. The minimum absolute atomic E-state index is 0. The summed E-state index contributed by atoms with van der Waals surface area (Å²) in [5.74, 6) is 0. The van der Waals surface area contributed by atoms with Crippen LogP contribution in [0.5, 0.6) is 0 Å². The van der Waals surface area contributed by atoms with Crippen LogP contribution in [0.15, 0.2) is 73.3 Å². The van der Waals surface area contributed by atoms with Gasteiger partial charge in [-0.2, -0.15) is 0 Å². The zero-order valence-corrected chi connectivity index (χ0v) is 12.5. The van der Waals surface area contributed by atoms with Crippen LogP contribution in [-0.2, 0) is 0 Å². The third kappa shape index (κ3) is 3.14. The van der Waals surface area contributed by atoms with Crippen LogP contribution in [0.4, 0.5) is 0 Å². The highest BCUT2D eigenvalue weighted by atomic mass is 35.7. The predicted octanol–water partition coefficient (Wildman–Crippen LogP) is 4.42. The molecule has 0 atom stereocenters. The van der Waals surface area contributed by atoms with Gasteiger partial charge in [-0.05, 0) is 24.3 Å². The van der Waals surface area contributed by atoms with E-state index in [9.17, 15) is 0 Å². The van der Waals surface area contributed by atoms with E-state index in [1.807, 2.05) is 42.5 Å². The Kier molecular flexibility index (Phi) is 5.88. The van der Waals surface area contributed by atoms with E-state index in [4.69, 9.17) is 11.2 Å². The van der Waals surface area contributed by atoms with Gasteiger partial charge in [0.1, 0.15) is 16.8 Å². The normalized spacial score (nSPS) is 10.5. The summed E-state index contributed by atoms with van der Waals surface area (Å²) in [7, 11) is 0. The minimum Gasteiger partial charge on any atom is -0.147 e. The molecule has 0 aliphatic carbocycles. The maximum atomic E-state index is 6.93. The van der Waals surface area contributed by atoms with Gasteiger partial charge < -0.3 is 0 Å². The molecule has 0 radical (unpaired) electrons. The lowest BCUT2D eigenvalue weighted by Crippen LogP contribution is -2.19. The van der Waals surface area contributed by atoms with Crippen LogP contribution in [0, 0.1) is 0 Å². The van der Waals surface area contributed by atoms with Gasteiger partial charge in [-0.3, -0.25) is 0 Å². The van der Waals surface area contributed by atoms with Crippen LogP contribution in [0.2, 0.25) is 0 Å². The molecule has 3 heteroatoms. The van der Waals surface area contributed by atoms with E-state index in [-0.39, 0.29) is 12.4 Å². The van der Waals surface area contributed by atoms with Crippen molar-refractivity contribution >= 4 is 40.9 Å². The lowest BCUT2D eigenvalue weighted by atomic mass is 10.4. The summed E-state index contributed by atoms with van der Waals surface area (Å²) in [6.07, 6.45) is 2.74. The summed E-state index contributed by atoms with van der Waals surface area (Å²) in [4.78, 5) is 0. The maximum Gasteiger partial charge on any atom is 0.182 e. The summed E-state index contributed by atoms with van der Waals surface area (Å²) in [6, 6.07) is 20.6. The van der Waals surface area contributed by atoms with Crippen molar-refractivity contribution in [1.82, 2.24) is 0 Å². The molecule has 0 aliphatic heterocycles. The first-order valence-electron chi connectivity index (χ1n) is 5.57. The molecule has 0 bridgehead atoms. The highest BCUT2D eigenvalue weighted by Gasteiger charge is 2.40.